The zero-order chi connectivity index (χ0) is 30.9. The normalized spacial score (nSPS) is 10.7. The number of anilines is 2. The molecule has 2 heterocycles. The van der Waals surface area contributed by atoms with Crippen molar-refractivity contribution in [2.75, 3.05) is 24.8 Å². The molecular formula is C30H32N6O7. The standard InChI is InChI=1S/C30H32N6O7/c1-4-12-32-29(40)22-15-25-27(33-17-34-35(25)16-22)36(24-14-21(9-6-19(24)3)28(39)31-5-2)30(41)43-18-42-26(38)13-20-7-10-23(37)11-8-20/h6-11,14-17,37H,4-5,12-13,18H2,1-3H3,(H,31,39)(H,32,40). The van der Waals surface area contributed by atoms with Gasteiger partial charge in [0.2, 0.25) is 6.79 Å². The topological polar surface area (TPSA) is 164 Å². The molecule has 3 amide bonds. The van der Waals surface area contributed by atoms with Gasteiger partial charge in [-0.25, -0.2) is 19.2 Å². The first-order valence-corrected chi connectivity index (χ1v) is 13.6. The molecule has 0 aliphatic heterocycles. The Morgan fingerprint density at radius 3 is 2.42 bits per heavy atom. The number of ether oxygens (including phenoxy) is 2. The molecule has 43 heavy (non-hydrogen) atoms. The molecule has 224 valence electrons. The van der Waals surface area contributed by atoms with Crippen LogP contribution in [-0.2, 0) is 20.7 Å². The molecule has 0 bridgehead atoms. The van der Waals surface area contributed by atoms with Crippen LogP contribution in [0.1, 0.15) is 52.1 Å². The molecule has 0 fully saturated rings. The van der Waals surface area contributed by atoms with Crippen molar-refractivity contribution in [2.24, 2.45) is 0 Å². The number of carbonyl (C=O) groups is 4. The summed E-state index contributed by atoms with van der Waals surface area (Å²) in [4.78, 5) is 56.8. The predicted molar refractivity (Wildman–Crippen MR) is 156 cm³/mol. The third-order valence-corrected chi connectivity index (χ3v) is 6.31. The fraction of sp³-hybridized carbons (Fsp3) is 0.267. The maximum absolute atomic E-state index is 13.6. The van der Waals surface area contributed by atoms with Crippen LogP contribution in [0, 0.1) is 6.92 Å². The molecule has 0 aliphatic rings. The summed E-state index contributed by atoms with van der Waals surface area (Å²) in [6.07, 6.45) is 2.43. The number of fused-ring (bicyclic) bond motifs is 1. The molecule has 2 aromatic heterocycles. The van der Waals surface area contributed by atoms with Gasteiger partial charge in [0.05, 0.1) is 17.7 Å². The number of hydrogen-bond acceptors (Lipinski definition) is 9. The van der Waals surface area contributed by atoms with Gasteiger partial charge in [-0.2, -0.15) is 5.10 Å². The van der Waals surface area contributed by atoms with E-state index in [0.717, 1.165) is 11.3 Å². The third-order valence-electron chi connectivity index (χ3n) is 6.31. The second kappa shape index (κ2) is 13.9. The Kier molecular flexibility index (Phi) is 9.89. The van der Waals surface area contributed by atoms with E-state index in [-0.39, 0.29) is 35.5 Å². The number of carbonyl (C=O) groups excluding carboxylic acids is 4. The van der Waals surface area contributed by atoms with Gasteiger partial charge in [0, 0.05) is 24.8 Å². The number of aryl methyl sites for hydroxylation is 1. The summed E-state index contributed by atoms with van der Waals surface area (Å²) in [5, 5.41) is 19.1. The molecule has 0 aliphatic carbocycles. The van der Waals surface area contributed by atoms with Crippen molar-refractivity contribution in [3.8, 4) is 5.75 Å². The minimum atomic E-state index is -0.952. The number of amides is 3. The van der Waals surface area contributed by atoms with Gasteiger partial charge in [0.15, 0.2) is 5.82 Å². The highest BCUT2D eigenvalue weighted by atomic mass is 16.7. The van der Waals surface area contributed by atoms with E-state index in [9.17, 15) is 24.3 Å². The number of phenols is 1. The lowest BCUT2D eigenvalue weighted by molar-refractivity contribution is -0.150. The fourth-order valence-electron chi connectivity index (χ4n) is 4.15. The number of esters is 1. The molecule has 2 aromatic carbocycles. The molecular weight excluding hydrogens is 556 g/mol. The summed E-state index contributed by atoms with van der Waals surface area (Å²) in [5.41, 5.74) is 2.40. The van der Waals surface area contributed by atoms with Gasteiger partial charge < -0.3 is 25.2 Å². The van der Waals surface area contributed by atoms with E-state index >= 15 is 0 Å². The maximum atomic E-state index is 13.6. The summed E-state index contributed by atoms with van der Waals surface area (Å²) >= 11 is 0. The minimum Gasteiger partial charge on any atom is -0.508 e. The molecule has 0 saturated heterocycles. The molecule has 0 saturated carbocycles. The number of rotatable bonds is 11. The Bertz CT molecular complexity index is 1630. The highest BCUT2D eigenvalue weighted by molar-refractivity contribution is 6.03. The lowest BCUT2D eigenvalue weighted by Gasteiger charge is -2.24. The molecule has 0 radical (unpaired) electrons. The van der Waals surface area contributed by atoms with E-state index < -0.39 is 18.9 Å². The SMILES string of the molecule is CCCNC(=O)c1cc2c(N(C(=O)OCOC(=O)Cc3ccc(O)cc3)c3cc(C(=O)NCC)ccc3C)ncnn2c1. The Labute approximate surface area is 247 Å². The zero-order valence-corrected chi connectivity index (χ0v) is 24.0. The monoisotopic (exact) mass is 588 g/mol. The van der Waals surface area contributed by atoms with Crippen LogP contribution in [0.25, 0.3) is 5.52 Å². The maximum Gasteiger partial charge on any atom is 0.423 e. The largest absolute Gasteiger partial charge is 0.508 e. The Hall–Kier alpha value is -5.46. The molecule has 0 atom stereocenters. The van der Waals surface area contributed by atoms with Gasteiger partial charge in [-0.1, -0.05) is 25.1 Å². The van der Waals surface area contributed by atoms with Gasteiger partial charge >= 0.3 is 12.1 Å². The second-order valence-corrected chi connectivity index (χ2v) is 9.48. The number of nitrogens with zero attached hydrogens (tertiary/aromatic N) is 4. The van der Waals surface area contributed by atoms with Crippen molar-refractivity contribution in [3.05, 3.63) is 83.3 Å². The van der Waals surface area contributed by atoms with Crippen molar-refractivity contribution in [1.82, 2.24) is 25.2 Å². The molecule has 4 aromatic rings. The summed E-state index contributed by atoms with van der Waals surface area (Å²) in [6, 6.07) is 12.4. The molecule has 3 N–H and O–H groups in total. The molecule has 4 rings (SSSR count). The van der Waals surface area contributed by atoms with Crippen molar-refractivity contribution < 1.29 is 33.8 Å². The lowest BCUT2D eigenvalue weighted by atomic mass is 10.1. The van der Waals surface area contributed by atoms with E-state index in [1.165, 1.54) is 35.2 Å². The molecule has 0 unspecified atom stereocenters. The first-order valence-electron chi connectivity index (χ1n) is 13.6. The van der Waals surface area contributed by atoms with Crippen molar-refractivity contribution in [2.45, 2.75) is 33.6 Å². The van der Waals surface area contributed by atoms with Crippen molar-refractivity contribution >= 4 is 40.9 Å². The van der Waals surface area contributed by atoms with E-state index in [0.29, 0.717) is 40.9 Å². The van der Waals surface area contributed by atoms with Crippen LogP contribution >= 0.6 is 0 Å². The highest BCUT2D eigenvalue weighted by Crippen LogP contribution is 2.32. The van der Waals surface area contributed by atoms with E-state index in [1.807, 2.05) is 6.92 Å². The smallest absolute Gasteiger partial charge is 0.423 e. The van der Waals surface area contributed by atoms with Crippen LogP contribution in [0.3, 0.4) is 0 Å². The van der Waals surface area contributed by atoms with Crippen molar-refractivity contribution in [1.29, 1.82) is 0 Å². The number of aromatic nitrogens is 3. The van der Waals surface area contributed by atoms with Crippen LogP contribution in [-0.4, -0.2) is 63.5 Å². The highest BCUT2D eigenvalue weighted by Gasteiger charge is 2.27. The predicted octanol–water partition coefficient (Wildman–Crippen LogP) is 3.65. The van der Waals surface area contributed by atoms with Gasteiger partial charge in [-0.15, -0.1) is 0 Å². The van der Waals surface area contributed by atoms with E-state index in [2.05, 4.69) is 20.7 Å². The summed E-state index contributed by atoms with van der Waals surface area (Å²) in [6.45, 7) is 5.66. The number of aromatic hydroxyl groups is 1. The average Bonchev–Trinajstić information content (AvgIpc) is 3.44. The fourth-order valence-corrected chi connectivity index (χ4v) is 4.15. The molecule has 13 heteroatoms. The number of benzene rings is 2. The van der Waals surface area contributed by atoms with E-state index in [4.69, 9.17) is 9.47 Å². The second-order valence-electron chi connectivity index (χ2n) is 9.48. The Balaban J connectivity index is 1.66. The number of nitrogens with one attached hydrogen (secondary N) is 2. The van der Waals surface area contributed by atoms with Crippen LogP contribution < -0.4 is 15.5 Å². The molecule has 0 spiro atoms. The van der Waals surface area contributed by atoms with Crippen molar-refractivity contribution in [3.63, 3.8) is 0 Å². The number of hydrogen-bond donors (Lipinski definition) is 3. The lowest BCUT2D eigenvalue weighted by Crippen LogP contribution is -2.31. The van der Waals surface area contributed by atoms with Gasteiger partial charge in [0.1, 0.15) is 17.6 Å². The number of phenolic OH excluding ortho intramolecular Hbond substituents is 1. The van der Waals surface area contributed by atoms with Crippen LogP contribution in [0.4, 0.5) is 16.3 Å². The van der Waals surface area contributed by atoms with Crippen LogP contribution in [0.15, 0.2) is 61.1 Å². The summed E-state index contributed by atoms with van der Waals surface area (Å²) in [5.74, 6) is -1.18. The third kappa shape index (κ3) is 7.44. The Morgan fingerprint density at radius 2 is 1.70 bits per heavy atom. The van der Waals surface area contributed by atoms with Gasteiger partial charge in [-0.05, 0) is 61.7 Å². The zero-order valence-electron chi connectivity index (χ0n) is 24.0. The first-order chi connectivity index (χ1) is 20.7. The van der Waals surface area contributed by atoms with E-state index in [1.54, 1.807) is 44.2 Å². The van der Waals surface area contributed by atoms with Crippen LogP contribution in [0.2, 0.25) is 0 Å². The van der Waals surface area contributed by atoms with Gasteiger partial charge in [-0.3, -0.25) is 14.4 Å². The molecule has 13 nitrogen and oxygen atoms in total. The summed E-state index contributed by atoms with van der Waals surface area (Å²) < 4.78 is 11.9. The Morgan fingerprint density at radius 1 is 0.953 bits per heavy atom. The summed E-state index contributed by atoms with van der Waals surface area (Å²) in [7, 11) is 0. The minimum absolute atomic E-state index is 0.0631. The quantitative estimate of drug-likeness (QED) is 0.175. The van der Waals surface area contributed by atoms with Crippen LogP contribution in [0.5, 0.6) is 5.75 Å². The van der Waals surface area contributed by atoms with Gasteiger partial charge in [0.25, 0.3) is 11.8 Å². The first kappa shape index (κ1) is 30.5. The average molecular weight is 589 g/mol.